The minimum absolute atomic E-state index is 0.135. The first-order valence-electron chi connectivity index (χ1n) is 6.54. The second-order valence-corrected chi connectivity index (χ2v) is 5.78. The molecule has 0 saturated carbocycles. The van der Waals surface area contributed by atoms with Crippen molar-refractivity contribution < 1.29 is 4.74 Å². The molecular weight excluding hydrogens is 200 g/mol. The van der Waals surface area contributed by atoms with E-state index in [4.69, 9.17) is 10.5 Å². The van der Waals surface area contributed by atoms with E-state index in [9.17, 15) is 0 Å². The number of nitrogens with two attached hydrogens (primary N) is 1. The SMILES string of the molecule is CC(C)CC(C)(CN)N1CCCOC(C)C1. The molecule has 16 heavy (non-hydrogen) atoms. The third-order valence-corrected chi connectivity index (χ3v) is 3.50. The van der Waals surface area contributed by atoms with Crippen LogP contribution in [0.1, 0.15) is 40.5 Å². The average molecular weight is 228 g/mol. The standard InChI is InChI=1S/C13H28N2O/c1-11(2)8-13(4,10-14)15-6-5-7-16-12(3)9-15/h11-12H,5-10,14H2,1-4H3. The topological polar surface area (TPSA) is 38.5 Å². The molecule has 3 heteroatoms. The Bertz CT molecular complexity index is 208. The summed E-state index contributed by atoms with van der Waals surface area (Å²) in [7, 11) is 0. The van der Waals surface area contributed by atoms with E-state index in [-0.39, 0.29) is 5.54 Å². The molecule has 0 aliphatic carbocycles. The Morgan fingerprint density at radius 1 is 1.50 bits per heavy atom. The number of rotatable bonds is 4. The molecule has 96 valence electrons. The molecule has 2 atom stereocenters. The Balaban J connectivity index is 2.68. The Kier molecular flexibility index (Phi) is 5.22. The zero-order valence-corrected chi connectivity index (χ0v) is 11.3. The molecule has 0 aromatic heterocycles. The summed E-state index contributed by atoms with van der Waals surface area (Å²) < 4.78 is 5.70. The monoisotopic (exact) mass is 228 g/mol. The third-order valence-electron chi connectivity index (χ3n) is 3.50. The zero-order chi connectivity index (χ0) is 12.2. The van der Waals surface area contributed by atoms with Crippen LogP contribution in [0.4, 0.5) is 0 Å². The normalized spacial score (nSPS) is 27.8. The maximum Gasteiger partial charge on any atom is 0.0674 e. The van der Waals surface area contributed by atoms with Crippen molar-refractivity contribution in [1.29, 1.82) is 0 Å². The number of hydrogen-bond acceptors (Lipinski definition) is 3. The first kappa shape index (κ1) is 13.9. The van der Waals surface area contributed by atoms with Gasteiger partial charge in [0, 0.05) is 31.8 Å². The van der Waals surface area contributed by atoms with Crippen molar-refractivity contribution in [3.8, 4) is 0 Å². The van der Waals surface area contributed by atoms with Gasteiger partial charge >= 0.3 is 0 Å². The highest BCUT2D eigenvalue weighted by atomic mass is 16.5. The van der Waals surface area contributed by atoms with Gasteiger partial charge in [-0.25, -0.2) is 0 Å². The minimum Gasteiger partial charge on any atom is -0.377 e. The fraction of sp³-hybridized carbons (Fsp3) is 1.00. The summed E-state index contributed by atoms with van der Waals surface area (Å²) in [6, 6.07) is 0. The molecule has 2 N–H and O–H groups in total. The van der Waals surface area contributed by atoms with Crippen LogP contribution in [0.25, 0.3) is 0 Å². The molecule has 3 nitrogen and oxygen atoms in total. The second-order valence-electron chi connectivity index (χ2n) is 5.78. The highest BCUT2D eigenvalue weighted by Crippen LogP contribution is 2.25. The number of nitrogens with zero attached hydrogens (tertiary/aromatic N) is 1. The molecule has 1 aliphatic rings. The van der Waals surface area contributed by atoms with Crippen LogP contribution in [0, 0.1) is 5.92 Å². The molecule has 0 radical (unpaired) electrons. The lowest BCUT2D eigenvalue weighted by Crippen LogP contribution is -2.54. The highest BCUT2D eigenvalue weighted by molar-refractivity contribution is 4.89. The Hall–Kier alpha value is -0.120. The summed E-state index contributed by atoms with van der Waals surface area (Å²) in [5, 5.41) is 0. The molecule has 0 aromatic rings. The fourth-order valence-corrected chi connectivity index (χ4v) is 2.71. The molecule has 0 aromatic carbocycles. The molecule has 1 fully saturated rings. The fourth-order valence-electron chi connectivity index (χ4n) is 2.71. The van der Waals surface area contributed by atoms with E-state index in [0.29, 0.717) is 12.0 Å². The smallest absolute Gasteiger partial charge is 0.0674 e. The first-order valence-corrected chi connectivity index (χ1v) is 6.54. The van der Waals surface area contributed by atoms with Gasteiger partial charge in [-0.05, 0) is 32.6 Å². The van der Waals surface area contributed by atoms with Gasteiger partial charge in [0.2, 0.25) is 0 Å². The summed E-state index contributed by atoms with van der Waals surface area (Å²) in [4.78, 5) is 2.53. The summed E-state index contributed by atoms with van der Waals surface area (Å²) in [5.74, 6) is 0.688. The van der Waals surface area contributed by atoms with Crippen molar-refractivity contribution in [2.45, 2.75) is 52.2 Å². The van der Waals surface area contributed by atoms with Crippen LogP contribution in [0.15, 0.2) is 0 Å². The summed E-state index contributed by atoms with van der Waals surface area (Å²) in [5.41, 5.74) is 6.14. The lowest BCUT2D eigenvalue weighted by Gasteiger charge is -2.42. The number of hydrogen-bond donors (Lipinski definition) is 1. The van der Waals surface area contributed by atoms with Gasteiger partial charge in [-0.2, -0.15) is 0 Å². The van der Waals surface area contributed by atoms with Crippen molar-refractivity contribution in [2.24, 2.45) is 11.7 Å². The van der Waals surface area contributed by atoms with Crippen molar-refractivity contribution in [1.82, 2.24) is 4.90 Å². The van der Waals surface area contributed by atoms with Gasteiger partial charge < -0.3 is 10.5 Å². The largest absolute Gasteiger partial charge is 0.377 e. The summed E-state index contributed by atoms with van der Waals surface area (Å²) in [6.45, 7) is 12.7. The third kappa shape index (κ3) is 3.72. The zero-order valence-electron chi connectivity index (χ0n) is 11.3. The number of ether oxygens (including phenoxy) is 1. The Morgan fingerprint density at radius 3 is 2.75 bits per heavy atom. The van der Waals surface area contributed by atoms with Gasteiger partial charge in [-0.15, -0.1) is 0 Å². The van der Waals surface area contributed by atoms with Crippen LogP contribution < -0.4 is 5.73 Å². The predicted molar refractivity (Wildman–Crippen MR) is 68.5 cm³/mol. The lowest BCUT2D eigenvalue weighted by atomic mass is 9.88. The van der Waals surface area contributed by atoms with E-state index >= 15 is 0 Å². The average Bonchev–Trinajstić information content (AvgIpc) is 2.42. The second kappa shape index (κ2) is 5.99. The highest BCUT2D eigenvalue weighted by Gasteiger charge is 2.32. The van der Waals surface area contributed by atoms with E-state index in [1.165, 1.54) is 0 Å². The maximum atomic E-state index is 6.00. The molecule has 1 rings (SSSR count). The predicted octanol–water partition coefficient (Wildman–Crippen LogP) is 1.86. The van der Waals surface area contributed by atoms with Gasteiger partial charge in [-0.1, -0.05) is 13.8 Å². The van der Waals surface area contributed by atoms with Crippen LogP contribution in [0.5, 0.6) is 0 Å². The van der Waals surface area contributed by atoms with Crippen LogP contribution in [0.3, 0.4) is 0 Å². The first-order chi connectivity index (χ1) is 7.48. The molecule has 0 spiro atoms. The minimum atomic E-state index is 0.135. The van der Waals surface area contributed by atoms with Gasteiger partial charge in [0.15, 0.2) is 0 Å². The molecule has 1 heterocycles. The lowest BCUT2D eigenvalue weighted by molar-refractivity contribution is 0.0362. The van der Waals surface area contributed by atoms with Crippen molar-refractivity contribution in [3.63, 3.8) is 0 Å². The molecule has 0 bridgehead atoms. The van der Waals surface area contributed by atoms with Gasteiger partial charge in [-0.3, -0.25) is 4.90 Å². The van der Waals surface area contributed by atoms with E-state index in [2.05, 4.69) is 32.6 Å². The van der Waals surface area contributed by atoms with Crippen LogP contribution in [0.2, 0.25) is 0 Å². The Morgan fingerprint density at radius 2 is 2.19 bits per heavy atom. The molecule has 2 unspecified atom stereocenters. The van der Waals surface area contributed by atoms with Gasteiger partial charge in [0.1, 0.15) is 0 Å². The molecule has 0 amide bonds. The molecular formula is C13H28N2O. The van der Waals surface area contributed by atoms with Crippen molar-refractivity contribution >= 4 is 0 Å². The maximum absolute atomic E-state index is 6.00. The van der Waals surface area contributed by atoms with E-state index in [0.717, 1.165) is 39.1 Å². The van der Waals surface area contributed by atoms with E-state index < -0.39 is 0 Å². The molecule has 1 aliphatic heterocycles. The van der Waals surface area contributed by atoms with Crippen LogP contribution in [-0.2, 0) is 4.74 Å². The van der Waals surface area contributed by atoms with Gasteiger partial charge in [0.05, 0.1) is 6.10 Å². The van der Waals surface area contributed by atoms with Crippen molar-refractivity contribution in [3.05, 3.63) is 0 Å². The van der Waals surface area contributed by atoms with Gasteiger partial charge in [0.25, 0.3) is 0 Å². The summed E-state index contributed by atoms with van der Waals surface area (Å²) in [6.07, 6.45) is 2.62. The van der Waals surface area contributed by atoms with Crippen LogP contribution in [-0.4, -0.2) is 42.8 Å². The van der Waals surface area contributed by atoms with Crippen LogP contribution >= 0.6 is 0 Å². The van der Waals surface area contributed by atoms with E-state index in [1.807, 2.05) is 0 Å². The summed E-state index contributed by atoms with van der Waals surface area (Å²) >= 11 is 0. The quantitative estimate of drug-likeness (QED) is 0.798. The van der Waals surface area contributed by atoms with Crippen molar-refractivity contribution in [2.75, 3.05) is 26.2 Å². The van der Waals surface area contributed by atoms with E-state index in [1.54, 1.807) is 0 Å². The molecule has 1 saturated heterocycles. The Labute approximate surface area is 100 Å².